The number of piperazine rings is 1. The molecule has 8 heteroatoms. The smallest absolute Gasteiger partial charge is 0.279 e. The minimum absolute atomic E-state index is 0.358. The van der Waals surface area contributed by atoms with Crippen molar-refractivity contribution in [1.82, 2.24) is 14.2 Å². The molecule has 0 spiro atoms. The van der Waals surface area contributed by atoms with E-state index in [0.717, 1.165) is 22.5 Å². The van der Waals surface area contributed by atoms with Crippen molar-refractivity contribution in [2.45, 2.75) is 11.4 Å². The Kier molecular flexibility index (Phi) is 5.93. The summed E-state index contributed by atoms with van der Waals surface area (Å²) in [6.45, 7) is 3.18. The van der Waals surface area contributed by atoms with Gasteiger partial charge in [-0.15, -0.1) is 0 Å². The lowest BCUT2D eigenvalue weighted by atomic mass is 10.2. The molecular formula is C24H23N3O3S2. The van der Waals surface area contributed by atoms with Gasteiger partial charge in [0.25, 0.3) is 5.19 Å². The molecule has 1 aliphatic heterocycles. The Morgan fingerprint density at radius 3 is 2.25 bits per heavy atom. The second-order valence-corrected chi connectivity index (χ2v) is 10.6. The average molecular weight is 466 g/mol. The van der Waals surface area contributed by atoms with Crippen LogP contribution in [0.25, 0.3) is 10.2 Å². The first-order valence-electron chi connectivity index (χ1n) is 10.5. The molecule has 0 saturated carbocycles. The molecule has 0 bridgehead atoms. The van der Waals surface area contributed by atoms with Crippen LogP contribution in [-0.2, 0) is 16.6 Å². The summed E-state index contributed by atoms with van der Waals surface area (Å²) in [5, 5.41) is 0.634. The molecule has 3 aromatic carbocycles. The Labute approximate surface area is 191 Å². The molecule has 0 atom stereocenters. The van der Waals surface area contributed by atoms with Crippen LogP contribution >= 0.6 is 11.3 Å². The van der Waals surface area contributed by atoms with Gasteiger partial charge in [0.1, 0.15) is 5.75 Å². The molecule has 1 aromatic heterocycles. The van der Waals surface area contributed by atoms with Crippen LogP contribution in [0.3, 0.4) is 0 Å². The summed E-state index contributed by atoms with van der Waals surface area (Å²) in [7, 11) is -3.42. The van der Waals surface area contributed by atoms with Crippen molar-refractivity contribution in [3.8, 4) is 10.9 Å². The van der Waals surface area contributed by atoms with Crippen LogP contribution in [0.1, 0.15) is 5.56 Å². The molecule has 4 aromatic rings. The van der Waals surface area contributed by atoms with Gasteiger partial charge in [-0.3, -0.25) is 4.90 Å². The number of fused-ring (bicyclic) bond motifs is 1. The minimum atomic E-state index is -3.42. The molecule has 1 saturated heterocycles. The molecule has 0 unspecified atom stereocenters. The summed E-state index contributed by atoms with van der Waals surface area (Å²) in [6.07, 6.45) is 0. The van der Waals surface area contributed by atoms with E-state index in [4.69, 9.17) is 4.74 Å². The highest BCUT2D eigenvalue weighted by atomic mass is 32.2. The summed E-state index contributed by atoms with van der Waals surface area (Å²) < 4.78 is 34.2. The minimum Gasteiger partial charge on any atom is -0.431 e. The number of para-hydroxylation sites is 1. The average Bonchev–Trinajstić information content (AvgIpc) is 3.24. The zero-order chi connectivity index (χ0) is 22.0. The molecular weight excluding hydrogens is 442 g/mol. The standard InChI is InChI=1S/C24H23N3O3S2/c28-32(29,21-6-2-1-3-7-21)27-16-14-26(15-17-27)18-19-10-12-20(13-11-19)30-24-25-22-8-4-5-9-23(22)31-24/h1-13H,14-18H2. The Morgan fingerprint density at radius 2 is 1.53 bits per heavy atom. The van der Waals surface area contributed by atoms with E-state index in [9.17, 15) is 8.42 Å². The van der Waals surface area contributed by atoms with E-state index in [1.807, 2.05) is 42.5 Å². The Morgan fingerprint density at radius 1 is 0.844 bits per heavy atom. The Bertz CT molecular complexity index is 1260. The van der Waals surface area contributed by atoms with E-state index < -0.39 is 10.0 Å². The number of aromatic nitrogens is 1. The SMILES string of the molecule is O=S(=O)(c1ccccc1)N1CCN(Cc2ccc(Oc3nc4ccccc4s3)cc2)CC1. The van der Waals surface area contributed by atoms with Crippen molar-refractivity contribution in [2.75, 3.05) is 26.2 Å². The summed E-state index contributed by atoms with van der Waals surface area (Å²) in [5.74, 6) is 0.756. The summed E-state index contributed by atoms with van der Waals surface area (Å²) in [5.41, 5.74) is 2.11. The lowest BCUT2D eigenvalue weighted by Crippen LogP contribution is -2.48. The normalized spacial score (nSPS) is 15.8. The highest BCUT2D eigenvalue weighted by Gasteiger charge is 2.28. The van der Waals surface area contributed by atoms with E-state index in [2.05, 4.69) is 22.0 Å². The summed E-state index contributed by atoms with van der Waals surface area (Å²) in [6, 6.07) is 24.6. The highest BCUT2D eigenvalue weighted by Crippen LogP contribution is 2.31. The molecule has 1 fully saturated rings. The van der Waals surface area contributed by atoms with Gasteiger partial charge in [0, 0.05) is 32.7 Å². The lowest BCUT2D eigenvalue weighted by molar-refractivity contribution is 0.181. The van der Waals surface area contributed by atoms with Crippen LogP contribution in [0.4, 0.5) is 0 Å². The largest absolute Gasteiger partial charge is 0.431 e. The van der Waals surface area contributed by atoms with E-state index in [-0.39, 0.29) is 0 Å². The fourth-order valence-electron chi connectivity index (χ4n) is 3.79. The summed E-state index contributed by atoms with van der Waals surface area (Å²) >= 11 is 1.53. The number of sulfonamides is 1. The third-order valence-corrected chi connectivity index (χ3v) is 8.35. The first-order chi connectivity index (χ1) is 15.6. The van der Waals surface area contributed by atoms with Crippen molar-refractivity contribution in [1.29, 1.82) is 0 Å². The summed E-state index contributed by atoms with van der Waals surface area (Å²) in [4.78, 5) is 7.14. The molecule has 1 aliphatic rings. The molecule has 164 valence electrons. The maximum atomic E-state index is 12.8. The predicted octanol–water partition coefficient (Wildman–Crippen LogP) is 4.60. The monoisotopic (exact) mass is 465 g/mol. The van der Waals surface area contributed by atoms with Crippen LogP contribution < -0.4 is 4.74 Å². The number of hydrogen-bond acceptors (Lipinski definition) is 6. The van der Waals surface area contributed by atoms with Crippen molar-refractivity contribution in [3.05, 3.63) is 84.4 Å². The van der Waals surface area contributed by atoms with Gasteiger partial charge in [-0.25, -0.2) is 13.4 Å². The van der Waals surface area contributed by atoms with Crippen LogP contribution in [0.15, 0.2) is 83.8 Å². The van der Waals surface area contributed by atoms with Crippen molar-refractivity contribution in [2.24, 2.45) is 0 Å². The predicted molar refractivity (Wildman–Crippen MR) is 127 cm³/mol. The quantitative estimate of drug-likeness (QED) is 0.417. The van der Waals surface area contributed by atoms with Crippen LogP contribution in [-0.4, -0.2) is 48.8 Å². The molecule has 0 aliphatic carbocycles. The number of nitrogens with zero attached hydrogens (tertiary/aromatic N) is 3. The van der Waals surface area contributed by atoms with Crippen molar-refractivity contribution < 1.29 is 13.2 Å². The molecule has 0 amide bonds. The lowest BCUT2D eigenvalue weighted by Gasteiger charge is -2.34. The number of hydrogen-bond donors (Lipinski definition) is 0. The van der Waals surface area contributed by atoms with Crippen molar-refractivity contribution >= 4 is 31.6 Å². The zero-order valence-electron chi connectivity index (χ0n) is 17.4. The second-order valence-electron chi connectivity index (χ2n) is 7.69. The number of benzene rings is 3. The fraction of sp³-hybridized carbons (Fsp3) is 0.208. The van der Waals surface area contributed by atoms with Gasteiger partial charge in [-0.2, -0.15) is 4.31 Å². The molecule has 0 radical (unpaired) electrons. The van der Waals surface area contributed by atoms with Gasteiger partial charge in [0.05, 0.1) is 15.1 Å². The van der Waals surface area contributed by atoms with Crippen LogP contribution in [0.5, 0.6) is 10.9 Å². The third-order valence-electron chi connectivity index (χ3n) is 5.52. The molecule has 0 N–H and O–H groups in total. The van der Waals surface area contributed by atoms with Gasteiger partial charge in [0.2, 0.25) is 10.0 Å². The van der Waals surface area contributed by atoms with Gasteiger partial charge < -0.3 is 4.74 Å². The fourth-order valence-corrected chi connectivity index (χ4v) is 6.06. The number of rotatable bonds is 6. The first-order valence-corrected chi connectivity index (χ1v) is 12.7. The maximum absolute atomic E-state index is 12.8. The molecule has 6 nitrogen and oxygen atoms in total. The Hall–Kier alpha value is -2.78. The van der Waals surface area contributed by atoms with E-state index in [1.165, 1.54) is 16.9 Å². The zero-order valence-corrected chi connectivity index (χ0v) is 19.1. The number of ether oxygens (including phenoxy) is 1. The van der Waals surface area contributed by atoms with Crippen LogP contribution in [0.2, 0.25) is 0 Å². The van der Waals surface area contributed by atoms with Gasteiger partial charge in [-0.1, -0.05) is 53.8 Å². The Balaban J connectivity index is 1.17. The molecule has 2 heterocycles. The first kappa shape index (κ1) is 21.1. The molecule has 32 heavy (non-hydrogen) atoms. The van der Waals surface area contributed by atoms with E-state index >= 15 is 0 Å². The van der Waals surface area contributed by atoms with E-state index in [1.54, 1.807) is 28.6 Å². The van der Waals surface area contributed by atoms with Crippen LogP contribution in [0, 0.1) is 0 Å². The van der Waals surface area contributed by atoms with Gasteiger partial charge >= 0.3 is 0 Å². The van der Waals surface area contributed by atoms with Gasteiger partial charge in [-0.05, 0) is 42.0 Å². The highest BCUT2D eigenvalue weighted by molar-refractivity contribution is 7.89. The second kappa shape index (κ2) is 8.99. The van der Waals surface area contributed by atoms with E-state index in [0.29, 0.717) is 36.3 Å². The maximum Gasteiger partial charge on any atom is 0.279 e. The topological polar surface area (TPSA) is 62.7 Å². The van der Waals surface area contributed by atoms with Crippen molar-refractivity contribution in [3.63, 3.8) is 0 Å². The third kappa shape index (κ3) is 4.54. The number of thiazole rings is 1. The molecule has 5 rings (SSSR count). The van der Waals surface area contributed by atoms with Gasteiger partial charge in [0.15, 0.2) is 0 Å².